The van der Waals surface area contributed by atoms with Gasteiger partial charge in [0.2, 0.25) is 11.8 Å². The third-order valence-electron chi connectivity index (χ3n) is 4.08. The molecule has 0 atom stereocenters. The molecule has 0 unspecified atom stereocenters. The summed E-state index contributed by atoms with van der Waals surface area (Å²) in [4.78, 5) is 25.4. The van der Waals surface area contributed by atoms with Gasteiger partial charge in [-0.05, 0) is 36.8 Å². The molecule has 0 saturated carbocycles. The summed E-state index contributed by atoms with van der Waals surface area (Å²) in [5.41, 5.74) is 2.19. The van der Waals surface area contributed by atoms with E-state index in [1.807, 2.05) is 31.2 Å². The molecule has 6 heteroatoms. The fourth-order valence-corrected chi connectivity index (χ4v) is 2.43. The summed E-state index contributed by atoms with van der Waals surface area (Å²) in [6.07, 6.45) is 0. The molecule has 144 valence electrons. The molecule has 0 aromatic heterocycles. The SMILES string of the molecule is COc1ccc(OCCN(CC(=O)NCc2ccc(C)cc2)C(C)=O)cc1. The molecule has 6 nitrogen and oxygen atoms in total. The quantitative estimate of drug-likeness (QED) is 0.737. The van der Waals surface area contributed by atoms with Crippen LogP contribution >= 0.6 is 0 Å². The number of nitrogens with one attached hydrogen (secondary N) is 1. The number of aryl methyl sites for hydroxylation is 1. The molecule has 2 amide bonds. The monoisotopic (exact) mass is 370 g/mol. The molecule has 0 spiro atoms. The Morgan fingerprint density at radius 1 is 1.00 bits per heavy atom. The number of carbonyl (C=O) groups is 2. The average Bonchev–Trinajstić information content (AvgIpc) is 2.67. The first-order chi connectivity index (χ1) is 13.0. The lowest BCUT2D eigenvalue weighted by atomic mass is 10.1. The normalized spacial score (nSPS) is 10.2. The summed E-state index contributed by atoms with van der Waals surface area (Å²) in [6.45, 7) is 4.54. The third-order valence-corrected chi connectivity index (χ3v) is 4.08. The topological polar surface area (TPSA) is 67.9 Å². The Labute approximate surface area is 160 Å². The smallest absolute Gasteiger partial charge is 0.239 e. The minimum absolute atomic E-state index is 0.00711. The summed E-state index contributed by atoms with van der Waals surface area (Å²) < 4.78 is 10.7. The number of rotatable bonds is 9. The summed E-state index contributed by atoms with van der Waals surface area (Å²) in [5.74, 6) is 1.06. The highest BCUT2D eigenvalue weighted by atomic mass is 16.5. The molecule has 0 aliphatic rings. The Hall–Kier alpha value is -3.02. The highest BCUT2D eigenvalue weighted by Crippen LogP contribution is 2.16. The van der Waals surface area contributed by atoms with E-state index in [0.29, 0.717) is 25.4 Å². The molecule has 0 saturated heterocycles. The molecule has 1 N–H and O–H groups in total. The zero-order chi connectivity index (χ0) is 19.6. The molecule has 0 fully saturated rings. The maximum Gasteiger partial charge on any atom is 0.239 e. The van der Waals surface area contributed by atoms with Crippen molar-refractivity contribution in [2.24, 2.45) is 0 Å². The Balaban J connectivity index is 1.77. The second kappa shape index (κ2) is 10.2. The molecule has 27 heavy (non-hydrogen) atoms. The van der Waals surface area contributed by atoms with Crippen molar-refractivity contribution in [2.75, 3.05) is 26.8 Å². The Morgan fingerprint density at radius 3 is 2.22 bits per heavy atom. The molecule has 0 bridgehead atoms. The minimum atomic E-state index is -0.199. The van der Waals surface area contributed by atoms with E-state index in [9.17, 15) is 9.59 Å². The van der Waals surface area contributed by atoms with Crippen LogP contribution in [-0.2, 0) is 16.1 Å². The lowest BCUT2D eigenvalue weighted by molar-refractivity contribution is -0.134. The molecule has 0 aliphatic heterocycles. The van der Waals surface area contributed by atoms with Crippen molar-refractivity contribution in [3.05, 3.63) is 59.7 Å². The Morgan fingerprint density at radius 2 is 1.63 bits per heavy atom. The van der Waals surface area contributed by atoms with Gasteiger partial charge in [0.05, 0.1) is 20.2 Å². The lowest BCUT2D eigenvalue weighted by Crippen LogP contribution is -2.41. The van der Waals surface area contributed by atoms with Crippen molar-refractivity contribution in [1.29, 1.82) is 0 Å². The highest BCUT2D eigenvalue weighted by molar-refractivity contribution is 5.83. The van der Waals surface area contributed by atoms with E-state index in [2.05, 4.69) is 5.32 Å². The van der Waals surface area contributed by atoms with E-state index in [4.69, 9.17) is 9.47 Å². The van der Waals surface area contributed by atoms with Gasteiger partial charge >= 0.3 is 0 Å². The van der Waals surface area contributed by atoms with Gasteiger partial charge in [-0.25, -0.2) is 0 Å². The fourth-order valence-electron chi connectivity index (χ4n) is 2.43. The summed E-state index contributed by atoms with van der Waals surface area (Å²) >= 11 is 0. The predicted octanol–water partition coefficient (Wildman–Crippen LogP) is 2.55. The van der Waals surface area contributed by atoms with Gasteiger partial charge in [-0.1, -0.05) is 29.8 Å². The first-order valence-corrected chi connectivity index (χ1v) is 8.82. The third kappa shape index (κ3) is 7.01. The van der Waals surface area contributed by atoms with Crippen molar-refractivity contribution in [1.82, 2.24) is 10.2 Å². The van der Waals surface area contributed by atoms with Gasteiger partial charge in [-0.3, -0.25) is 9.59 Å². The van der Waals surface area contributed by atoms with Gasteiger partial charge in [-0.2, -0.15) is 0 Å². The standard InChI is InChI=1S/C21H26N2O4/c1-16-4-6-18(7-5-16)14-22-21(25)15-23(17(2)24)12-13-27-20-10-8-19(26-3)9-11-20/h4-11H,12-15H2,1-3H3,(H,22,25). The Bertz CT molecular complexity index is 742. The number of carbonyl (C=O) groups excluding carboxylic acids is 2. The van der Waals surface area contributed by atoms with Crippen LogP contribution in [0.4, 0.5) is 0 Å². The summed E-state index contributed by atoms with van der Waals surface area (Å²) in [7, 11) is 1.60. The molecule has 2 aromatic carbocycles. The van der Waals surface area contributed by atoms with Crippen LogP contribution < -0.4 is 14.8 Å². The van der Waals surface area contributed by atoms with E-state index in [0.717, 1.165) is 11.3 Å². The Kier molecular flexibility index (Phi) is 7.67. The van der Waals surface area contributed by atoms with Crippen LogP contribution in [0.15, 0.2) is 48.5 Å². The first-order valence-electron chi connectivity index (χ1n) is 8.82. The highest BCUT2D eigenvalue weighted by Gasteiger charge is 2.13. The van der Waals surface area contributed by atoms with Gasteiger partial charge < -0.3 is 19.7 Å². The van der Waals surface area contributed by atoms with Crippen LogP contribution in [0.3, 0.4) is 0 Å². The van der Waals surface area contributed by atoms with Crippen molar-refractivity contribution in [2.45, 2.75) is 20.4 Å². The molecule has 0 heterocycles. The van der Waals surface area contributed by atoms with Crippen LogP contribution in [0.5, 0.6) is 11.5 Å². The number of ether oxygens (including phenoxy) is 2. The van der Waals surface area contributed by atoms with E-state index < -0.39 is 0 Å². The maximum absolute atomic E-state index is 12.1. The van der Waals surface area contributed by atoms with Gasteiger partial charge in [0.1, 0.15) is 18.1 Å². The zero-order valence-corrected chi connectivity index (χ0v) is 16.0. The predicted molar refractivity (Wildman–Crippen MR) is 104 cm³/mol. The van der Waals surface area contributed by atoms with Crippen LogP contribution in [0, 0.1) is 6.92 Å². The lowest BCUT2D eigenvalue weighted by Gasteiger charge is -2.20. The minimum Gasteiger partial charge on any atom is -0.497 e. The van der Waals surface area contributed by atoms with Crippen molar-refractivity contribution < 1.29 is 19.1 Å². The number of nitrogens with zero attached hydrogens (tertiary/aromatic N) is 1. The molecule has 0 radical (unpaired) electrons. The molecule has 2 rings (SSSR count). The van der Waals surface area contributed by atoms with E-state index in [1.54, 1.807) is 31.4 Å². The molecule has 0 aliphatic carbocycles. The van der Waals surface area contributed by atoms with Crippen LogP contribution in [0.1, 0.15) is 18.1 Å². The zero-order valence-electron chi connectivity index (χ0n) is 16.0. The van der Waals surface area contributed by atoms with Gasteiger partial charge in [-0.15, -0.1) is 0 Å². The summed E-state index contributed by atoms with van der Waals surface area (Å²) in [5, 5.41) is 2.84. The van der Waals surface area contributed by atoms with E-state index in [1.165, 1.54) is 17.4 Å². The first kappa shape index (κ1) is 20.3. The van der Waals surface area contributed by atoms with Crippen molar-refractivity contribution >= 4 is 11.8 Å². The van der Waals surface area contributed by atoms with Crippen molar-refractivity contribution in [3.63, 3.8) is 0 Å². The number of amides is 2. The fraction of sp³-hybridized carbons (Fsp3) is 0.333. The second-order valence-electron chi connectivity index (χ2n) is 6.23. The number of benzene rings is 2. The molecule has 2 aromatic rings. The van der Waals surface area contributed by atoms with E-state index >= 15 is 0 Å². The van der Waals surface area contributed by atoms with Gasteiger partial charge in [0.15, 0.2) is 0 Å². The molecular weight excluding hydrogens is 344 g/mol. The van der Waals surface area contributed by atoms with Gasteiger partial charge in [0.25, 0.3) is 0 Å². The van der Waals surface area contributed by atoms with Crippen molar-refractivity contribution in [3.8, 4) is 11.5 Å². The largest absolute Gasteiger partial charge is 0.497 e. The molecular formula is C21H26N2O4. The average molecular weight is 370 g/mol. The van der Waals surface area contributed by atoms with Crippen LogP contribution in [-0.4, -0.2) is 43.5 Å². The number of methoxy groups -OCH3 is 1. The van der Waals surface area contributed by atoms with Crippen LogP contribution in [0.25, 0.3) is 0 Å². The summed E-state index contributed by atoms with van der Waals surface area (Å²) in [6, 6.07) is 15.1. The number of hydrogen-bond acceptors (Lipinski definition) is 4. The second-order valence-corrected chi connectivity index (χ2v) is 6.23. The maximum atomic E-state index is 12.1. The van der Waals surface area contributed by atoms with Gasteiger partial charge in [0, 0.05) is 13.5 Å². The van der Waals surface area contributed by atoms with Crippen LogP contribution in [0.2, 0.25) is 0 Å². The number of hydrogen-bond donors (Lipinski definition) is 1. The van der Waals surface area contributed by atoms with E-state index in [-0.39, 0.29) is 18.4 Å².